The van der Waals surface area contributed by atoms with Gasteiger partial charge in [0, 0.05) is 0 Å². The first-order chi connectivity index (χ1) is 14.6. The summed E-state index contributed by atoms with van der Waals surface area (Å²) in [6.07, 6.45) is 0. The summed E-state index contributed by atoms with van der Waals surface area (Å²) < 4.78 is 0. The first-order valence-electron chi connectivity index (χ1n) is 10.0. The van der Waals surface area contributed by atoms with Crippen molar-refractivity contribution in [2.75, 3.05) is 0 Å². The molecule has 0 N–H and O–H groups in total. The van der Waals surface area contributed by atoms with Crippen LogP contribution in [0.3, 0.4) is 0 Å². The molecule has 4 rings (SSSR count). The van der Waals surface area contributed by atoms with Crippen LogP contribution in [0.15, 0.2) is 97.1 Å². The Balaban J connectivity index is 0.000000197. The van der Waals surface area contributed by atoms with Gasteiger partial charge in [-0.2, -0.15) is 0 Å². The van der Waals surface area contributed by atoms with Crippen LogP contribution >= 0.6 is 0 Å². The molecule has 4 aromatic carbocycles. The summed E-state index contributed by atoms with van der Waals surface area (Å²) in [4.78, 5) is 0. The monoisotopic (exact) mass is 526 g/mol. The average molecular weight is 524 g/mol. The molecule has 4 aromatic rings. The number of benzene rings is 4. The van der Waals surface area contributed by atoms with Gasteiger partial charge in [0.15, 0.2) is 0 Å². The van der Waals surface area contributed by atoms with Gasteiger partial charge in [-0.3, -0.25) is 0 Å². The summed E-state index contributed by atoms with van der Waals surface area (Å²) in [7, 11) is 0. The van der Waals surface area contributed by atoms with Crippen molar-refractivity contribution in [3.8, 4) is 22.3 Å². The zero-order valence-corrected chi connectivity index (χ0v) is 21.9. The van der Waals surface area contributed by atoms with Gasteiger partial charge in [0.2, 0.25) is 0 Å². The van der Waals surface area contributed by atoms with Crippen LogP contribution in [0.25, 0.3) is 22.3 Å². The van der Waals surface area contributed by atoms with Gasteiger partial charge in [0.1, 0.15) is 0 Å². The number of hydrogen-bond acceptors (Lipinski definition) is 0. The molecule has 0 fully saturated rings. The van der Waals surface area contributed by atoms with Crippen LogP contribution in [0.2, 0.25) is 0 Å². The third-order valence-electron chi connectivity index (χ3n) is 5.16. The fourth-order valence-electron chi connectivity index (χ4n) is 3.50. The van der Waals surface area contributed by atoms with E-state index in [0.717, 1.165) is 0 Å². The van der Waals surface area contributed by atoms with E-state index in [1.807, 2.05) is 0 Å². The Hall–Kier alpha value is -2.08. The quantitative estimate of drug-likeness (QED) is 0.258. The first kappa shape index (κ1) is 24.2. The molecule has 0 aliphatic rings. The summed E-state index contributed by atoms with van der Waals surface area (Å²) in [5.41, 5.74) is 10.7. The maximum atomic E-state index is 2.25. The van der Waals surface area contributed by atoms with Gasteiger partial charge in [0.05, 0.1) is 0 Å². The van der Waals surface area contributed by atoms with Crippen molar-refractivity contribution in [3.63, 3.8) is 0 Å². The number of rotatable bonds is 2. The fourth-order valence-corrected chi connectivity index (χ4v) is 3.50. The normalized spacial score (nSPS) is 9.67. The Morgan fingerprint density at radius 3 is 0.667 bits per heavy atom. The summed E-state index contributed by atoms with van der Waals surface area (Å²) in [5, 5.41) is 0. The molecule has 0 heterocycles. The summed E-state index contributed by atoms with van der Waals surface area (Å²) in [5.74, 6) is 0. The molecule has 0 aromatic heterocycles. The molecule has 0 aliphatic heterocycles. The SMILES string of the molecule is Cc1ccccc1-c1ccccc1C.Cc1ccccc1-c1ccccc1C.[SeH][SeH]. The van der Waals surface area contributed by atoms with Crippen molar-refractivity contribution in [3.05, 3.63) is 119 Å². The molecule has 0 saturated heterocycles. The van der Waals surface area contributed by atoms with Crippen molar-refractivity contribution in [2.24, 2.45) is 0 Å². The second-order valence-corrected chi connectivity index (χ2v) is 7.26. The second kappa shape index (κ2) is 12.6. The number of hydrogen-bond donors (Lipinski definition) is 0. The topological polar surface area (TPSA) is 0 Å². The minimum atomic E-state index is 1.34. The van der Waals surface area contributed by atoms with E-state index >= 15 is 0 Å². The molecule has 0 spiro atoms. The third kappa shape index (κ3) is 6.46. The van der Waals surface area contributed by atoms with Gasteiger partial charge in [-0.05, 0) is 72.2 Å². The van der Waals surface area contributed by atoms with Crippen molar-refractivity contribution in [2.45, 2.75) is 27.7 Å². The first-order valence-corrected chi connectivity index (χ1v) is 15.2. The van der Waals surface area contributed by atoms with Crippen molar-refractivity contribution in [1.29, 1.82) is 0 Å². The van der Waals surface area contributed by atoms with E-state index in [0.29, 0.717) is 0 Å². The van der Waals surface area contributed by atoms with Crippen LogP contribution in [0, 0.1) is 27.7 Å². The summed E-state index contributed by atoms with van der Waals surface area (Å²) in [6, 6.07) is 34.0. The molecule has 0 aliphatic carbocycles. The Morgan fingerprint density at radius 2 is 0.500 bits per heavy atom. The third-order valence-corrected chi connectivity index (χ3v) is 5.16. The van der Waals surface area contributed by atoms with Crippen LogP contribution in [-0.2, 0) is 0 Å². The molecule has 0 unspecified atom stereocenters. The molecule has 0 atom stereocenters. The Kier molecular flexibility index (Phi) is 10.1. The van der Waals surface area contributed by atoms with Crippen LogP contribution in [0.1, 0.15) is 22.3 Å². The predicted molar refractivity (Wildman–Crippen MR) is 137 cm³/mol. The van der Waals surface area contributed by atoms with E-state index in [1.165, 1.54) is 44.5 Å². The van der Waals surface area contributed by atoms with Gasteiger partial charge in [-0.1, -0.05) is 97.1 Å². The zero-order chi connectivity index (χ0) is 21.9. The molecular weight excluding hydrogens is 494 g/mol. The molecule has 0 saturated carbocycles. The number of aryl methyl sites for hydroxylation is 4. The molecule has 0 radical (unpaired) electrons. The second-order valence-electron chi connectivity index (χ2n) is 7.26. The molecule has 154 valence electrons. The van der Waals surface area contributed by atoms with Gasteiger partial charge >= 0.3 is 28.4 Å². The fraction of sp³-hybridized carbons (Fsp3) is 0.143. The molecule has 30 heavy (non-hydrogen) atoms. The van der Waals surface area contributed by atoms with Crippen LogP contribution in [0.4, 0.5) is 0 Å². The van der Waals surface area contributed by atoms with Crippen LogP contribution in [0.5, 0.6) is 0 Å². The minimum absolute atomic E-state index is 1.34. The summed E-state index contributed by atoms with van der Waals surface area (Å²) >= 11 is 4.50. The van der Waals surface area contributed by atoms with E-state index < -0.39 is 0 Å². The van der Waals surface area contributed by atoms with E-state index in [4.69, 9.17) is 0 Å². The average Bonchev–Trinajstić information content (AvgIpc) is 2.78. The van der Waals surface area contributed by atoms with E-state index in [2.05, 4.69) is 153 Å². The maximum absolute atomic E-state index is 2.25. The van der Waals surface area contributed by atoms with Crippen LogP contribution < -0.4 is 0 Å². The predicted octanol–water partition coefficient (Wildman–Crippen LogP) is 6.64. The molecule has 0 amide bonds. The van der Waals surface area contributed by atoms with Gasteiger partial charge in [-0.25, -0.2) is 0 Å². The zero-order valence-electron chi connectivity index (χ0n) is 18.1. The molecule has 2 heteroatoms. The molecule has 0 nitrogen and oxygen atoms in total. The van der Waals surface area contributed by atoms with Crippen molar-refractivity contribution >= 4 is 28.4 Å². The Bertz CT molecular complexity index is 893. The Morgan fingerprint density at radius 1 is 0.333 bits per heavy atom. The van der Waals surface area contributed by atoms with Gasteiger partial charge in [0.25, 0.3) is 0 Å². The molecule has 0 bridgehead atoms. The standard InChI is InChI=1S/2C14H14.H2Se2/c2*1-11-7-3-5-9-13(11)14-10-6-4-8-12(14)2;1-2/h2*3-10H,1-2H3;1-2H. The van der Waals surface area contributed by atoms with E-state index in [-0.39, 0.29) is 0 Å². The van der Waals surface area contributed by atoms with Crippen molar-refractivity contribution in [1.82, 2.24) is 0 Å². The summed E-state index contributed by atoms with van der Waals surface area (Å²) in [6.45, 7) is 8.62. The Labute approximate surface area is 196 Å². The van der Waals surface area contributed by atoms with E-state index in [9.17, 15) is 0 Å². The van der Waals surface area contributed by atoms with Gasteiger partial charge in [-0.15, -0.1) is 0 Å². The van der Waals surface area contributed by atoms with Crippen molar-refractivity contribution < 1.29 is 0 Å². The molecular formula is C28H30Se2. The van der Waals surface area contributed by atoms with Gasteiger partial charge < -0.3 is 0 Å². The van der Waals surface area contributed by atoms with E-state index in [1.54, 1.807) is 0 Å². The van der Waals surface area contributed by atoms with Crippen LogP contribution in [-0.4, -0.2) is 28.4 Å².